The van der Waals surface area contributed by atoms with Gasteiger partial charge in [-0.1, -0.05) is 0 Å². The van der Waals surface area contributed by atoms with Crippen LogP contribution in [0.25, 0.3) is 0 Å². The predicted octanol–water partition coefficient (Wildman–Crippen LogP) is 2.34. The van der Waals surface area contributed by atoms with Gasteiger partial charge in [0.05, 0.1) is 11.6 Å². The molecular weight excluding hydrogens is 254 g/mol. The summed E-state index contributed by atoms with van der Waals surface area (Å²) in [6.07, 6.45) is 3.05. The molecule has 1 aromatic rings. The Morgan fingerprint density at radius 2 is 2.40 bits per heavy atom. The number of hydrogen-bond donors (Lipinski definition) is 1. The Hall–Kier alpha value is -2.09. The molecule has 0 spiro atoms. The Balaban J connectivity index is 2.07. The average molecular weight is 273 g/mol. The number of piperidine rings is 1. The molecule has 0 saturated carbocycles. The number of aryl methyl sites for hydroxylation is 1. The first kappa shape index (κ1) is 14.3. The summed E-state index contributed by atoms with van der Waals surface area (Å²) in [5.74, 6) is 0.497. The van der Waals surface area contributed by atoms with E-state index in [0.717, 1.165) is 37.4 Å². The summed E-state index contributed by atoms with van der Waals surface area (Å²) in [4.78, 5) is 17.3. The molecule has 1 atom stereocenters. The Labute approximate surface area is 118 Å². The Morgan fingerprint density at radius 3 is 3.10 bits per heavy atom. The molecule has 0 bridgehead atoms. The molecule has 1 aromatic heterocycles. The molecule has 20 heavy (non-hydrogen) atoms. The van der Waals surface area contributed by atoms with Crippen LogP contribution in [0.5, 0.6) is 0 Å². The van der Waals surface area contributed by atoms with Crippen LogP contribution in [0, 0.1) is 24.2 Å². The number of aliphatic carboxylic acids is 1. The van der Waals surface area contributed by atoms with Gasteiger partial charge in [0.25, 0.3) is 0 Å². The monoisotopic (exact) mass is 273 g/mol. The van der Waals surface area contributed by atoms with Crippen molar-refractivity contribution in [2.24, 2.45) is 5.92 Å². The van der Waals surface area contributed by atoms with Crippen LogP contribution in [-0.2, 0) is 4.79 Å². The van der Waals surface area contributed by atoms with Gasteiger partial charge < -0.3 is 10.0 Å². The van der Waals surface area contributed by atoms with Crippen LogP contribution in [0.1, 0.15) is 36.9 Å². The van der Waals surface area contributed by atoms with Gasteiger partial charge in [0.1, 0.15) is 5.82 Å². The molecule has 0 radical (unpaired) electrons. The van der Waals surface area contributed by atoms with Gasteiger partial charge >= 0.3 is 5.97 Å². The summed E-state index contributed by atoms with van der Waals surface area (Å²) < 4.78 is 0. The number of aromatic nitrogens is 1. The minimum absolute atomic E-state index is 0.225. The minimum atomic E-state index is -0.734. The molecule has 1 aliphatic rings. The van der Waals surface area contributed by atoms with Crippen LogP contribution in [0.15, 0.2) is 12.1 Å². The number of nitrogens with zero attached hydrogens (tertiary/aromatic N) is 3. The maximum Gasteiger partial charge on any atom is 0.303 e. The molecule has 1 unspecified atom stereocenters. The average Bonchev–Trinajstić information content (AvgIpc) is 2.44. The van der Waals surface area contributed by atoms with Crippen molar-refractivity contribution < 1.29 is 9.90 Å². The third-order valence-corrected chi connectivity index (χ3v) is 3.68. The summed E-state index contributed by atoms with van der Waals surface area (Å²) in [6, 6.07) is 5.74. The number of anilines is 1. The highest BCUT2D eigenvalue weighted by Gasteiger charge is 2.21. The number of carboxylic acids is 1. The fraction of sp³-hybridized carbons (Fsp3) is 0.533. The second-order valence-corrected chi connectivity index (χ2v) is 5.35. The maximum absolute atomic E-state index is 10.7. The van der Waals surface area contributed by atoms with Crippen molar-refractivity contribution >= 4 is 11.8 Å². The zero-order valence-corrected chi connectivity index (χ0v) is 11.7. The lowest BCUT2D eigenvalue weighted by Crippen LogP contribution is -2.36. The number of rotatable bonds is 4. The van der Waals surface area contributed by atoms with E-state index in [0.29, 0.717) is 17.9 Å². The number of pyridine rings is 1. The third-order valence-electron chi connectivity index (χ3n) is 3.68. The summed E-state index contributed by atoms with van der Waals surface area (Å²) in [7, 11) is 0. The van der Waals surface area contributed by atoms with Gasteiger partial charge in [-0.3, -0.25) is 4.79 Å². The lowest BCUT2D eigenvalue weighted by Gasteiger charge is -2.33. The molecule has 1 fully saturated rings. The lowest BCUT2D eigenvalue weighted by molar-refractivity contribution is -0.137. The summed E-state index contributed by atoms with van der Waals surface area (Å²) in [5, 5.41) is 17.8. The summed E-state index contributed by atoms with van der Waals surface area (Å²) in [5.41, 5.74) is 1.46. The second kappa shape index (κ2) is 6.38. The first-order valence-electron chi connectivity index (χ1n) is 6.94. The van der Waals surface area contributed by atoms with E-state index in [2.05, 4.69) is 16.0 Å². The fourth-order valence-corrected chi connectivity index (χ4v) is 2.71. The standard InChI is InChI=1S/C15H19N3O2/c1-11-7-13(9-16)8-14(17-11)18-6-2-3-12(10-18)4-5-15(19)20/h7-8,12H,2-6,10H2,1H3,(H,19,20). The molecule has 0 aliphatic carbocycles. The summed E-state index contributed by atoms with van der Waals surface area (Å²) in [6.45, 7) is 3.63. The SMILES string of the molecule is Cc1cc(C#N)cc(N2CCCC(CCC(=O)O)C2)n1. The van der Waals surface area contributed by atoms with Gasteiger partial charge in [0, 0.05) is 25.2 Å². The van der Waals surface area contributed by atoms with Crippen molar-refractivity contribution in [1.82, 2.24) is 4.98 Å². The van der Waals surface area contributed by atoms with Crippen molar-refractivity contribution in [1.29, 1.82) is 5.26 Å². The summed E-state index contributed by atoms with van der Waals surface area (Å²) >= 11 is 0. The van der Waals surface area contributed by atoms with E-state index < -0.39 is 5.97 Å². The van der Waals surface area contributed by atoms with Crippen molar-refractivity contribution in [2.75, 3.05) is 18.0 Å². The quantitative estimate of drug-likeness (QED) is 0.911. The zero-order valence-electron chi connectivity index (χ0n) is 11.7. The van der Waals surface area contributed by atoms with E-state index in [1.165, 1.54) is 0 Å². The van der Waals surface area contributed by atoms with E-state index in [1.807, 2.05) is 13.0 Å². The lowest BCUT2D eigenvalue weighted by atomic mass is 9.93. The Kier molecular flexibility index (Phi) is 4.57. The number of hydrogen-bond acceptors (Lipinski definition) is 4. The highest BCUT2D eigenvalue weighted by Crippen LogP contribution is 2.25. The smallest absolute Gasteiger partial charge is 0.303 e. The van der Waals surface area contributed by atoms with Gasteiger partial charge in [-0.25, -0.2) is 4.98 Å². The van der Waals surface area contributed by atoms with Gasteiger partial charge in [-0.15, -0.1) is 0 Å². The van der Waals surface area contributed by atoms with Crippen molar-refractivity contribution in [2.45, 2.75) is 32.6 Å². The highest BCUT2D eigenvalue weighted by molar-refractivity contribution is 5.66. The van der Waals surface area contributed by atoms with E-state index >= 15 is 0 Å². The van der Waals surface area contributed by atoms with Crippen LogP contribution in [0.2, 0.25) is 0 Å². The van der Waals surface area contributed by atoms with Gasteiger partial charge in [0.15, 0.2) is 0 Å². The molecular formula is C15H19N3O2. The van der Waals surface area contributed by atoms with Crippen molar-refractivity contribution in [3.8, 4) is 6.07 Å². The van der Waals surface area contributed by atoms with E-state index in [1.54, 1.807) is 6.07 Å². The van der Waals surface area contributed by atoms with E-state index in [4.69, 9.17) is 10.4 Å². The largest absolute Gasteiger partial charge is 0.481 e. The first-order valence-corrected chi connectivity index (χ1v) is 6.94. The maximum atomic E-state index is 10.7. The number of carboxylic acid groups (broad SMARTS) is 1. The van der Waals surface area contributed by atoms with E-state index in [-0.39, 0.29) is 6.42 Å². The Bertz CT molecular complexity index is 536. The van der Waals surface area contributed by atoms with Crippen LogP contribution in [0.3, 0.4) is 0 Å². The van der Waals surface area contributed by atoms with Crippen LogP contribution in [0.4, 0.5) is 5.82 Å². The minimum Gasteiger partial charge on any atom is -0.481 e. The normalized spacial score (nSPS) is 18.6. The molecule has 1 N–H and O–H groups in total. The van der Waals surface area contributed by atoms with Gasteiger partial charge in [-0.05, 0) is 44.2 Å². The first-order chi connectivity index (χ1) is 9.58. The predicted molar refractivity (Wildman–Crippen MR) is 75.5 cm³/mol. The van der Waals surface area contributed by atoms with Gasteiger partial charge in [-0.2, -0.15) is 5.26 Å². The Morgan fingerprint density at radius 1 is 1.60 bits per heavy atom. The molecule has 1 aliphatic heterocycles. The molecule has 0 aromatic carbocycles. The zero-order chi connectivity index (χ0) is 14.5. The molecule has 106 valence electrons. The van der Waals surface area contributed by atoms with Gasteiger partial charge in [0.2, 0.25) is 0 Å². The van der Waals surface area contributed by atoms with Crippen molar-refractivity contribution in [3.63, 3.8) is 0 Å². The molecule has 2 rings (SSSR count). The molecule has 0 amide bonds. The third kappa shape index (κ3) is 3.70. The van der Waals surface area contributed by atoms with E-state index in [9.17, 15) is 4.79 Å². The molecule has 2 heterocycles. The number of nitriles is 1. The second-order valence-electron chi connectivity index (χ2n) is 5.35. The van der Waals surface area contributed by atoms with Crippen LogP contribution < -0.4 is 4.90 Å². The highest BCUT2D eigenvalue weighted by atomic mass is 16.4. The number of carbonyl (C=O) groups is 1. The molecule has 5 nitrogen and oxygen atoms in total. The van der Waals surface area contributed by atoms with Crippen LogP contribution >= 0.6 is 0 Å². The van der Waals surface area contributed by atoms with Crippen molar-refractivity contribution in [3.05, 3.63) is 23.4 Å². The molecule has 5 heteroatoms. The molecule has 1 saturated heterocycles. The van der Waals surface area contributed by atoms with Crippen LogP contribution in [-0.4, -0.2) is 29.1 Å². The fourth-order valence-electron chi connectivity index (χ4n) is 2.71. The topological polar surface area (TPSA) is 77.2 Å².